The van der Waals surface area contributed by atoms with E-state index >= 15 is 0 Å². The lowest BCUT2D eigenvalue weighted by atomic mass is 9.63. The molecule has 0 atom stereocenters. The number of hydrogen-bond donors (Lipinski definition) is 0. The van der Waals surface area contributed by atoms with Crippen molar-refractivity contribution in [3.8, 4) is 0 Å². The molecule has 26 heavy (non-hydrogen) atoms. The van der Waals surface area contributed by atoms with Crippen LogP contribution in [0.4, 0.5) is 0 Å². The summed E-state index contributed by atoms with van der Waals surface area (Å²) in [6.07, 6.45) is 3.41. The fourth-order valence-corrected chi connectivity index (χ4v) is 4.46. The van der Waals surface area contributed by atoms with Gasteiger partial charge in [-0.1, -0.05) is 108 Å². The summed E-state index contributed by atoms with van der Waals surface area (Å²) in [5.41, 5.74) is 7.97. The third-order valence-electron chi connectivity index (χ3n) is 5.53. The van der Waals surface area contributed by atoms with Crippen LogP contribution >= 0.6 is 0 Å². The van der Waals surface area contributed by atoms with Crippen LogP contribution in [0.5, 0.6) is 0 Å². The Morgan fingerprint density at radius 2 is 0.962 bits per heavy atom. The predicted octanol–water partition coefficient (Wildman–Crippen LogP) is 6.69. The van der Waals surface area contributed by atoms with Crippen LogP contribution in [0, 0.1) is 0 Å². The van der Waals surface area contributed by atoms with Gasteiger partial charge in [0.2, 0.25) is 0 Å². The topological polar surface area (TPSA) is 0 Å². The maximum absolute atomic E-state index is 2.37. The smallest absolute Gasteiger partial charge is 0.0703 e. The summed E-state index contributed by atoms with van der Waals surface area (Å²) in [5.74, 6) is 0. The largest absolute Gasteiger partial charge is 0.0772 e. The molecule has 4 rings (SSSR count). The molecule has 3 aromatic carbocycles. The zero-order valence-corrected chi connectivity index (χ0v) is 15.4. The van der Waals surface area contributed by atoms with Crippen LogP contribution in [0.3, 0.4) is 0 Å². The normalized spacial score (nSPS) is 14.5. The van der Waals surface area contributed by atoms with Crippen molar-refractivity contribution < 1.29 is 0 Å². The van der Waals surface area contributed by atoms with E-state index in [9.17, 15) is 0 Å². The third-order valence-corrected chi connectivity index (χ3v) is 5.53. The van der Waals surface area contributed by atoms with E-state index in [1.54, 1.807) is 0 Å². The van der Waals surface area contributed by atoms with Crippen LogP contribution in [0.2, 0.25) is 0 Å². The number of rotatable bonds is 4. The second-order valence-corrected chi connectivity index (χ2v) is 7.09. The Morgan fingerprint density at radius 1 is 0.577 bits per heavy atom. The first-order valence-corrected chi connectivity index (χ1v) is 9.28. The average Bonchev–Trinajstić information content (AvgIpc) is 3.04. The van der Waals surface area contributed by atoms with Crippen LogP contribution in [0.1, 0.15) is 37.0 Å². The highest BCUT2D eigenvalue weighted by Gasteiger charge is 2.42. The van der Waals surface area contributed by atoms with E-state index in [0.717, 1.165) is 6.42 Å². The molecule has 0 amide bonds. The summed E-state index contributed by atoms with van der Waals surface area (Å²) in [7, 11) is 0. The Kier molecular flexibility index (Phi) is 4.34. The second kappa shape index (κ2) is 6.80. The van der Waals surface area contributed by atoms with Gasteiger partial charge in [-0.2, -0.15) is 0 Å². The maximum Gasteiger partial charge on any atom is 0.0703 e. The van der Waals surface area contributed by atoms with E-state index in [4.69, 9.17) is 0 Å². The Bertz CT molecular complexity index is 848. The van der Waals surface area contributed by atoms with Crippen molar-refractivity contribution in [1.82, 2.24) is 0 Å². The minimum atomic E-state index is -0.287. The Balaban J connectivity index is 2.15. The van der Waals surface area contributed by atoms with E-state index in [2.05, 4.69) is 111 Å². The quantitative estimate of drug-likeness (QED) is 0.466. The Morgan fingerprint density at radius 3 is 1.27 bits per heavy atom. The van der Waals surface area contributed by atoms with Crippen molar-refractivity contribution in [2.24, 2.45) is 0 Å². The van der Waals surface area contributed by atoms with E-state index in [1.807, 2.05) is 0 Å². The summed E-state index contributed by atoms with van der Waals surface area (Å²) < 4.78 is 0. The van der Waals surface area contributed by atoms with Crippen LogP contribution in [0.15, 0.2) is 114 Å². The van der Waals surface area contributed by atoms with Crippen molar-refractivity contribution in [1.29, 1.82) is 0 Å². The third kappa shape index (κ3) is 2.54. The highest BCUT2D eigenvalue weighted by Crippen LogP contribution is 2.50. The first kappa shape index (κ1) is 16.6. The van der Waals surface area contributed by atoms with Gasteiger partial charge in [-0.25, -0.2) is 0 Å². The van der Waals surface area contributed by atoms with Crippen molar-refractivity contribution in [2.75, 3.05) is 0 Å². The van der Waals surface area contributed by atoms with Gasteiger partial charge in [0.1, 0.15) is 0 Å². The molecule has 128 valence electrons. The molecule has 1 aliphatic rings. The molecule has 0 bridgehead atoms. The molecule has 0 N–H and O–H groups in total. The molecule has 0 unspecified atom stereocenters. The van der Waals surface area contributed by atoms with E-state index in [-0.39, 0.29) is 5.41 Å². The minimum absolute atomic E-state index is 0.287. The summed E-state index contributed by atoms with van der Waals surface area (Å²) >= 11 is 0. The zero-order chi connectivity index (χ0) is 18.0. The van der Waals surface area contributed by atoms with Gasteiger partial charge in [0, 0.05) is 0 Å². The summed E-state index contributed by atoms with van der Waals surface area (Å²) in [6, 6.07) is 32.8. The monoisotopic (exact) mass is 336 g/mol. The van der Waals surface area contributed by atoms with E-state index in [0.29, 0.717) is 0 Å². The molecule has 0 saturated carbocycles. The molecule has 0 heteroatoms. The van der Waals surface area contributed by atoms with Gasteiger partial charge in [0.05, 0.1) is 5.41 Å². The first-order chi connectivity index (χ1) is 12.7. The molecular formula is C26H24. The SMILES string of the molecule is CC1=CCC(C)=C1C(c1ccccc1)(c1ccccc1)c1ccccc1. The summed E-state index contributed by atoms with van der Waals surface area (Å²) in [6.45, 7) is 4.54. The number of benzene rings is 3. The van der Waals surface area contributed by atoms with Gasteiger partial charge >= 0.3 is 0 Å². The zero-order valence-electron chi connectivity index (χ0n) is 15.4. The summed E-state index contributed by atoms with van der Waals surface area (Å²) in [5, 5.41) is 0. The van der Waals surface area contributed by atoms with Crippen molar-refractivity contribution in [3.05, 3.63) is 130 Å². The molecule has 3 aromatic rings. The lowest BCUT2D eigenvalue weighted by Gasteiger charge is -2.39. The maximum atomic E-state index is 2.37. The van der Waals surface area contributed by atoms with Crippen LogP contribution in [-0.4, -0.2) is 0 Å². The standard InChI is InChI=1S/C26H24/c1-20-18-19-21(2)25(20)26(22-12-6-3-7-13-22,23-14-8-4-9-15-23)24-16-10-5-11-17-24/h3-18H,19H2,1-2H3. The van der Waals surface area contributed by atoms with Crippen LogP contribution < -0.4 is 0 Å². The highest BCUT2D eigenvalue weighted by atomic mass is 14.4. The van der Waals surface area contributed by atoms with Crippen LogP contribution in [0.25, 0.3) is 0 Å². The molecule has 0 spiro atoms. The molecular weight excluding hydrogens is 312 g/mol. The highest BCUT2D eigenvalue weighted by molar-refractivity contribution is 5.65. The fraction of sp³-hybridized carbons (Fsp3) is 0.154. The van der Waals surface area contributed by atoms with E-state index in [1.165, 1.54) is 33.4 Å². The van der Waals surface area contributed by atoms with Gasteiger partial charge in [0.25, 0.3) is 0 Å². The van der Waals surface area contributed by atoms with Gasteiger partial charge < -0.3 is 0 Å². The molecule has 0 nitrogen and oxygen atoms in total. The predicted molar refractivity (Wildman–Crippen MR) is 110 cm³/mol. The number of hydrogen-bond acceptors (Lipinski definition) is 0. The Labute approximate surface area is 156 Å². The molecule has 0 saturated heterocycles. The molecule has 0 radical (unpaired) electrons. The first-order valence-electron chi connectivity index (χ1n) is 9.28. The van der Waals surface area contributed by atoms with Gasteiger partial charge in [-0.3, -0.25) is 0 Å². The lowest BCUT2D eigenvalue weighted by molar-refractivity contribution is 0.726. The van der Waals surface area contributed by atoms with Gasteiger partial charge in [-0.05, 0) is 42.5 Å². The van der Waals surface area contributed by atoms with Gasteiger partial charge in [-0.15, -0.1) is 0 Å². The van der Waals surface area contributed by atoms with Crippen molar-refractivity contribution in [3.63, 3.8) is 0 Å². The number of allylic oxidation sites excluding steroid dienone is 4. The second-order valence-electron chi connectivity index (χ2n) is 7.09. The minimum Gasteiger partial charge on any atom is -0.0772 e. The lowest BCUT2D eigenvalue weighted by Crippen LogP contribution is -2.32. The van der Waals surface area contributed by atoms with Crippen molar-refractivity contribution >= 4 is 0 Å². The van der Waals surface area contributed by atoms with Crippen molar-refractivity contribution in [2.45, 2.75) is 25.7 Å². The molecule has 1 aliphatic carbocycles. The molecule has 0 aliphatic heterocycles. The summed E-state index contributed by atoms with van der Waals surface area (Å²) in [4.78, 5) is 0. The Hall–Kier alpha value is -2.86. The molecule has 0 aromatic heterocycles. The average molecular weight is 336 g/mol. The van der Waals surface area contributed by atoms with Crippen LogP contribution in [-0.2, 0) is 5.41 Å². The fourth-order valence-electron chi connectivity index (χ4n) is 4.46. The molecule has 0 fully saturated rings. The molecule has 0 heterocycles. The van der Waals surface area contributed by atoms with Gasteiger partial charge in [0.15, 0.2) is 0 Å². The van der Waals surface area contributed by atoms with E-state index < -0.39 is 0 Å².